The van der Waals surface area contributed by atoms with Crippen LogP contribution in [-0.2, 0) is 11.2 Å². The quantitative estimate of drug-likeness (QED) is 0.900. The number of rotatable bonds is 4. The van der Waals surface area contributed by atoms with Gasteiger partial charge in [-0.25, -0.2) is 0 Å². The van der Waals surface area contributed by atoms with Crippen molar-refractivity contribution in [2.24, 2.45) is 11.3 Å². The van der Waals surface area contributed by atoms with E-state index in [9.17, 15) is 4.79 Å². The Labute approximate surface area is 116 Å². The van der Waals surface area contributed by atoms with Crippen molar-refractivity contribution in [3.05, 3.63) is 34.9 Å². The maximum absolute atomic E-state index is 12.8. The number of carbonyl (C=O) groups is 1. The van der Waals surface area contributed by atoms with E-state index in [1.807, 2.05) is 0 Å². The van der Waals surface area contributed by atoms with Gasteiger partial charge in [0.05, 0.1) is 0 Å². The average molecular weight is 259 g/mol. The predicted molar refractivity (Wildman–Crippen MR) is 79.4 cm³/mol. The van der Waals surface area contributed by atoms with E-state index in [2.05, 4.69) is 51.2 Å². The zero-order valence-electron chi connectivity index (χ0n) is 12.5. The zero-order chi connectivity index (χ0) is 14.0. The van der Waals surface area contributed by atoms with Crippen molar-refractivity contribution in [2.45, 2.75) is 40.5 Å². The Morgan fingerprint density at radius 1 is 1.37 bits per heavy atom. The molecule has 0 aromatic heterocycles. The summed E-state index contributed by atoms with van der Waals surface area (Å²) in [4.78, 5) is 12.8. The molecule has 0 aliphatic carbocycles. The van der Waals surface area contributed by atoms with E-state index in [4.69, 9.17) is 0 Å². The summed E-state index contributed by atoms with van der Waals surface area (Å²) in [6.45, 7) is 10.3. The molecule has 0 spiro atoms. The highest BCUT2D eigenvalue weighted by atomic mass is 16.1. The molecule has 2 rings (SSSR count). The number of hydrogen-bond donors (Lipinski definition) is 1. The second kappa shape index (κ2) is 5.46. The molecule has 0 bridgehead atoms. The molecule has 0 radical (unpaired) electrons. The van der Waals surface area contributed by atoms with Crippen LogP contribution in [0, 0.1) is 25.2 Å². The van der Waals surface area contributed by atoms with Crippen LogP contribution in [0.3, 0.4) is 0 Å². The highest BCUT2D eigenvalue weighted by Crippen LogP contribution is 2.36. The lowest BCUT2D eigenvalue weighted by molar-refractivity contribution is -0.129. The summed E-state index contributed by atoms with van der Waals surface area (Å²) in [7, 11) is 0. The Hall–Kier alpha value is -1.15. The SMILES string of the molecule is Cc1ccc(C)c(CC(=O)C2(C(C)C)CCNC2)c1. The number of benzene rings is 1. The van der Waals surface area contributed by atoms with E-state index in [-0.39, 0.29) is 5.41 Å². The van der Waals surface area contributed by atoms with Crippen LogP contribution in [0.25, 0.3) is 0 Å². The van der Waals surface area contributed by atoms with Gasteiger partial charge < -0.3 is 5.32 Å². The first-order chi connectivity index (χ1) is 8.95. The third kappa shape index (κ3) is 2.74. The molecule has 1 atom stereocenters. The lowest BCUT2D eigenvalue weighted by atomic mass is 9.71. The number of carbonyl (C=O) groups excluding carboxylic acids is 1. The Morgan fingerprint density at radius 2 is 2.11 bits per heavy atom. The molecule has 1 unspecified atom stereocenters. The van der Waals surface area contributed by atoms with Gasteiger partial charge in [0.25, 0.3) is 0 Å². The van der Waals surface area contributed by atoms with E-state index in [0.717, 1.165) is 19.5 Å². The van der Waals surface area contributed by atoms with Gasteiger partial charge in [-0.2, -0.15) is 0 Å². The molecular weight excluding hydrogens is 234 g/mol. The largest absolute Gasteiger partial charge is 0.316 e. The smallest absolute Gasteiger partial charge is 0.144 e. The number of nitrogens with one attached hydrogen (secondary N) is 1. The second-order valence-electron chi connectivity index (χ2n) is 6.27. The van der Waals surface area contributed by atoms with Crippen molar-refractivity contribution in [2.75, 3.05) is 13.1 Å². The van der Waals surface area contributed by atoms with Crippen LogP contribution in [-0.4, -0.2) is 18.9 Å². The minimum absolute atomic E-state index is 0.157. The topological polar surface area (TPSA) is 29.1 Å². The molecule has 19 heavy (non-hydrogen) atoms. The van der Waals surface area contributed by atoms with Crippen LogP contribution in [0.5, 0.6) is 0 Å². The van der Waals surface area contributed by atoms with Crippen LogP contribution >= 0.6 is 0 Å². The first kappa shape index (κ1) is 14.3. The Balaban J connectivity index is 2.22. The molecule has 0 amide bonds. The predicted octanol–water partition coefficient (Wildman–Crippen LogP) is 3.05. The molecule has 1 aromatic carbocycles. The van der Waals surface area contributed by atoms with Crippen LogP contribution in [0.2, 0.25) is 0 Å². The van der Waals surface area contributed by atoms with Crippen molar-refractivity contribution in [1.29, 1.82) is 0 Å². The molecule has 2 nitrogen and oxygen atoms in total. The number of hydrogen-bond acceptors (Lipinski definition) is 2. The van der Waals surface area contributed by atoms with Crippen LogP contribution in [0.1, 0.15) is 37.0 Å². The molecule has 1 aliphatic heterocycles. The molecule has 1 heterocycles. The summed E-state index contributed by atoms with van der Waals surface area (Å²) in [5.74, 6) is 0.807. The minimum atomic E-state index is -0.157. The highest BCUT2D eigenvalue weighted by Gasteiger charge is 2.43. The molecule has 1 aliphatic rings. The van der Waals surface area contributed by atoms with Gasteiger partial charge in [0.15, 0.2) is 0 Å². The number of aryl methyl sites for hydroxylation is 2. The fraction of sp³-hybridized carbons (Fsp3) is 0.588. The molecule has 1 N–H and O–H groups in total. The lowest BCUT2D eigenvalue weighted by Crippen LogP contribution is -2.39. The van der Waals surface area contributed by atoms with Gasteiger partial charge in [0, 0.05) is 18.4 Å². The van der Waals surface area contributed by atoms with Crippen molar-refractivity contribution >= 4 is 5.78 Å². The molecule has 104 valence electrons. The summed E-state index contributed by atoms with van der Waals surface area (Å²) < 4.78 is 0. The monoisotopic (exact) mass is 259 g/mol. The van der Waals surface area contributed by atoms with E-state index < -0.39 is 0 Å². The van der Waals surface area contributed by atoms with Crippen LogP contribution in [0.15, 0.2) is 18.2 Å². The summed E-state index contributed by atoms with van der Waals surface area (Å²) in [6, 6.07) is 6.38. The van der Waals surface area contributed by atoms with Crippen molar-refractivity contribution in [1.82, 2.24) is 5.32 Å². The fourth-order valence-electron chi connectivity index (χ4n) is 3.10. The van der Waals surface area contributed by atoms with Crippen molar-refractivity contribution < 1.29 is 4.79 Å². The normalized spacial score (nSPS) is 23.0. The molecule has 1 saturated heterocycles. The van der Waals surface area contributed by atoms with Gasteiger partial charge in [-0.05, 0) is 43.9 Å². The first-order valence-electron chi connectivity index (χ1n) is 7.26. The molecular formula is C17H25NO. The zero-order valence-corrected chi connectivity index (χ0v) is 12.5. The van der Waals surface area contributed by atoms with Crippen LogP contribution < -0.4 is 5.32 Å². The second-order valence-corrected chi connectivity index (χ2v) is 6.27. The average Bonchev–Trinajstić information content (AvgIpc) is 2.84. The minimum Gasteiger partial charge on any atom is -0.316 e. The van der Waals surface area contributed by atoms with Gasteiger partial charge in [0.2, 0.25) is 0 Å². The van der Waals surface area contributed by atoms with Gasteiger partial charge in [-0.1, -0.05) is 37.6 Å². The fourth-order valence-corrected chi connectivity index (χ4v) is 3.10. The number of Topliss-reactive ketones (excluding diaryl/α,β-unsaturated/α-hetero) is 1. The Bertz CT molecular complexity index is 470. The maximum Gasteiger partial charge on any atom is 0.144 e. The standard InChI is InChI=1S/C17H25NO/c1-12(2)17(7-8-18-11-17)16(19)10-15-9-13(3)5-6-14(15)4/h5-6,9,12,18H,7-8,10-11H2,1-4H3. The lowest BCUT2D eigenvalue weighted by Gasteiger charge is -2.31. The van der Waals surface area contributed by atoms with Crippen LogP contribution in [0.4, 0.5) is 0 Å². The molecule has 1 aromatic rings. The van der Waals surface area contributed by atoms with Crippen molar-refractivity contribution in [3.8, 4) is 0 Å². The Morgan fingerprint density at radius 3 is 2.68 bits per heavy atom. The first-order valence-corrected chi connectivity index (χ1v) is 7.26. The maximum atomic E-state index is 12.8. The van der Waals surface area contributed by atoms with Gasteiger partial charge in [-0.3, -0.25) is 4.79 Å². The Kier molecular flexibility index (Phi) is 4.10. The van der Waals surface area contributed by atoms with E-state index >= 15 is 0 Å². The summed E-state index contributed by atoms with van der Waals surface area (Å²) in [5.41, 5.74) is 3.49. The summed E-state index contributed by atoms with van der Waals surface area (Å²) in [5, 5.41) is 3.37. The van der Waals surface area contributed by atoms with E-state index in [1.54, 1.807) is 0 Å². The summed E-state index contributed by atoms with van der Waals surface area (Å²) >= 11 is 0. The van der Waals surface area contributed by atoms with E-state index in [1.165, 1.54) is 16.7 Å². The molecule has 1 fully saturated rings. The van der Waals surface area contributed by atoms with Gasteiger partial charge in [-0.15, -0.1) is 0 Å². The van der Waals surface area contributed by atoms with Gasteiger partial charge in [0.1, 0.15) is 5.78 Å². The third-order valence-corrected chi connectivity index (χ3v) is 4.70. The highest BCUT2D eigenvalue weighted by molar-refractivity contribution is 5.88. The summed E-state index contributed by atoms with van der Waals surface area (Å²) in [6.07, 6.45) is 1.56. The molecule has 2 heteroatoms. The van der Waals surface area contributed by atoms with Crippen molar-refractivity contribution in [3.63, 3.8) is 0 Å². The van der Waals surface area contributed by atoms with E-state index in [0.29, 0.717) is 18.1 Å². The third-order valence-electron chi connectivity index (χ3n) is 4.70. The van der Waals surface area contributed by atoms with Gasteiger partial charge >= 0.3 is 0 Å². The molecule has 0 saturated carbocycles. The number of ketones is 1.